The summed E-state index contributed by atoms with van der Waals surface area (Å²) in [5.41, 5.74) is 0.811. The zero-order valence-electron chi connectivity index (χ0n) is 14.1. The number of aromatic hydroxyl groups is 1. The fourth-order valence-electron chi connectivity index (χ4n) is 3.73. The second-order valence-electron chi connectivity index (χ2n) is 7.01. The van der Waals surface area contributed by atoms with Gasteiger partial charge in [0.2, 0.25) is 0 Å². The van der Waals surface area contributed by atoms with Crippen LogP contribution < -0.4 is 0 Å². The number of likely N-dealkylation sites (tertiary alicyclic amines) is 1. The van der Waals surface area contributed by atoms with Crippen LogP contribution in [-0.2, 0) is 13.0 Å². The summed E-state index contributed by atoms with van der Waals surface area (Å²) < 4.78 is 27.2. The Kier molecular flexibility index (Phi) is 5.35. The van der Waals surface area contributed by atoms with Gasteiger partial charge in [-0.25, -0.2) is 8.78 Å². The first-order valence-electron chi connectivity index (χ1n) is 8.55. The second kappa shape index (κ2) is 7.50. The third-order valence-corrected chi connectivity index (χ3v) is 5.04. The van der Waals surface area contributed by atoms with E-state index < -0.39 is 17.0 Å². The van der Waals surface area contributed by atoms with Gasteiger partial charge in [0.1, 0.15) is 17.4 Å². The van der Waals surface area contributed by atoms with Gasteiger partial charge in [-0.1, -0.05) is 24.3 Å². The molecule has 1 aliphatic heterocycles. The highest BCUT2D eigenvalue weighted by Gasteiger charge is 2.36. The van der Waals surface area contributed by atoms with Crippen molar-refractivity contribution in [1.29, 1.82) is 0 Å². The van der Waals surface area contributed by atoms with Gasteiger partial charge >= 0.3 is 0 Å². The second-order valence-corrected chi connectivity index (χ2v) is 7.01. The van der Waals surface area contributed by atoms with Gasteiger partial charge in [-0.3, -0.25) is 4.90 Å². The van der Waals surface area contributed by atoms with E-state index >= 15 is 0 Å². The van der Waals surface area contributed by atoms with Gasteiger partial charge in [0.15, 0.2) is 0 Å². The molecular formula is C20H23F2NO2. The normalized spacial score (nSPS) is 21.4. The number of rotatable bonds is 5. The van der Waals surface area contributed by atoms with Gasteiger partial charge in [-0.15, -0.1) is 0 Å². The minimum Gasteiger partial charge on any atom is -0.508 e. The van der Waals surface area contributed by atoms with Crippen molar-refractivity contribution in [3.63, 3.8) is 0 Å². The van der Waals surface area contributed by atoms with Gasteiger partial charge in [0.05, 0.1) is 6.61 Å². The van der Waals surface area contributed by atoms with Crippen molar-refractivity contribution in [2.24, 2.45) is 5.41 Å². The molecule has 25 heavy (non-hydrogen) atoms. The van der Waals surface area contributed by atoms with E-state index in [4.69, 9.17) is 0 Å². The summed E-state index contributed by atoms with van der Waals surface area (Å²) in [6, 6.07) is 10.8. The molecule has 0 radical (unpaired) electrons. The molecule has 0 amide bonds. The van der Waals surface area contributed by atoms with Crippen LogP contribution in [0.5, 0.6) is 5.75 Å². The standard InChI is InChI=1S/C20H23F2NO2/c21-17-7-6-15(18(22)10-17)11-20(14-24)8-3-9-23(13-20)12-16-4-1-2-5-19(16)25/h1-2,4-7,10,24-25H,3,8-9,11-14H2/t20-/m1/s1. The van der Waals surface area contributed by atoms with Crippen LogP contribution in [0.3, 0.4) is 0 Å². The molecule has 0 spiro atoms. The van der Waals surface area contributed by atoms with Crippen LogP contribution in [0.4, 0.5) is 8.78 Å². The summed E-state index contributed by atoms with van der Waals surface area (Å²) in [6.45, 7) is 2.00. The van der Waals surface area contributed by atoms with E-state index in [1.54, 1.807) is 12.1 Å². The molecule has 2 aromatic carbocycles. The average molecular weight is 347 g/mol. The molecule has 1 aliphatic rings. The van der Waals surface area contributed by atoms with Crippen LogP contribution in [0.25, 0.3) is 0 Å². The summed E-state index contributed by atoms with van der Waals surface area (Å²) in [7, 11) is 0. The predicted octanol–water partition coefficient (Wildman–Crippen LogP) is 3.49. The van der Waals surface area contributed by atoms with Gasteiger partial charge < -0.3 is 10.2 Å². The fourth-order valence-corrected chi connectivity index (χ4v) is 3.73. The number of aliphatic hydroxyl groups is 1. The molecule has 2 N–H and O–H groups in total. The van der Waals surface area contributed by atoms with Crippen molar-refractivity contribution in [1.82, 2.24) is 4.90 Å². The number of halogens is 2. The number of piperidine rings is 1. The number of aliphatic hydroxyl groups excluding tert-OH is 1. The molecule has 5 heteroatoms. The maximum absolute atomic E-state index is 14.0. The molecule has 0 bridgehead atoms. The molecule has 0 aromatic heterocycles. The van der Waals surface area contributed by atoms with Crippen molar-refractivity contribution >= 4 is 0 Å². The van der Waals surface area contributed by atoms with Crippen molar-refractivity contribution in [3.05, 3.63) is 65.2 Å². The first-order chi connectivity index (χ1) is 12.0. The van der Waals surface area contributed by atoms with E-state index in [0.717, 1.165) is 31.0 Å². The molecule has 134 valence electrons. The van der Waals surface area contributed by atoms with Gasteiger partial charge in [-0.05, 0) is 43.5 Å². The SMILES string of the molecule is OC[C@@]1(Cc2ccc(F)cc2F)CCCN(Cc2ccccc2O)C1. The Morgan fingerprint density at radius 2 is 1.88 bits per heavy atom. The molecule has 1 fully saturated rings. The van der Waals surface area contributed by atoms with Crippen molar-refractivity contribution in [2.45, 2.75) is 25.8 Å². The van der Waals surface area contributed by atoms with Crippen molar-refractivity contribution in [3.8, 4) is 5.75 Å². The highest BCUT2D eigenvalue weighted by atomic mass is 19.1. The highest BCUT2D eigenvalue weighted by molar-refractivity contribution is 5.31. The Bertz CT molecular complexity index is 737. The lowest BCUT2D eigenvalue weighted by Gasteiger charge is -2.42. The Morgan fingerprint density at radius 3 is 2.60 bits per heavy atom. The lowest BCUT2D eigenvalue weighted by Crippen LogP contribution is -2.46. The average Bonchev–Trinajstić information content (AvgIpc) is 2.60. The molecule has 2 aromatic rings. The first-order valence-corrected chi connectivity index (χ1v) is 8.55. The van der Waals surface area contributed by atoms with Crippen LogP contribution >= 0.6 is 0 Å². The van der Waals surface area contributed by atoms with Gasteiger partial charge in [-0.2, -0.15) is 0 Å². The van der Waals surface area contributed by atoms with Crippen molar-refractivity contribution < 1.29 is 19.0 Å². The number of phenolic OH excluding ortho intramolecular Hbond substituents is 1. The molecule has 0 aliphatic carbocycles. The van der Waals surface area contributed by atoms with E-state index in [1.807, 2.05) is 12.1 Å². The monoisotopic (exact) mass is 347 g/mol. The Morgan fingerprint density at radius 1 is 1.08 bits per heavy atom. The zero-order valence-corrected chi connectivity index (χ0v) is 14.1. The largest absolute Gasteiger partial charge is 0.508 e. The molecule has 1 atom stereocenters. The van der Waals surface area contributed by atoms with E-state index in [9.17, 15) is 19.0 Å². The lowest BCUT2D eigenvalue weighted by atomic mass is 9.75. The third-order valence-electron chi connectivity index (χ3n) is 5.04. The van der Waals surface area contributed by atoms with E-state index in [2.05, 4.69) is 4.90 Å². The molecule has 1 saturated heterocycles. The van der Waals surface area contributed by atoms with Crippen LogP contribution in [0.2, 0.25) is 0 Å². The fraction of sp³-hybridized carbons (Fsp3) is 0.400. The smallest absolute Gasteiger partial charge is 0.129 e. The highest BCUT2D eigenvalue weighted by Crippen LogP contribution is 2.35. The quantitative estimate of drug-likeness (QED) is 0.870. The lowest BCUT2D eigenvalue weighted by molar-refractivity contribution is 0.0280. The zero-order chi connectivity index (χ0) is 17.9. The maximum atomic E-state index is 14.0. The molecule has 3 nitrogen and oxygen atoms in total. The minimum absolute atomic E-state index is 0.0545. The molecule has 1 heterocycles. The van der Waals surface area contributed by atoms with Crippen LogP contribution in [0.1, 0.15) is 24.0 Å². The van der Waals surface area contributed by atoms with Crippen LogP contribution in [-0.4, -0.2) is 34.8 Å². The molecule has 0 saturated carbocycles. The van der Waals surface area contributed by atoms with Gasteiger partial charge in [0, 0.05) is 30.1 Å². The number of hydrogen-bond acceptors (Lipinski definition) is 3. The Labute approximate surface area is 146 Å². The third kappa shape index (κ3) is 4.17. The number of benzene rings is 2. The Hall–Kier alpha value is -1.98. The summed E-state index contributed by atoms with van der Waals surface area (Å²) in [5, 5.41) is 20.0. The van der Waals surface area contributed by atoms with Gasteiger partial charge in [0.25, 0.3) is 0 Å². The summed E-state index contributed by atoms with van der Waals surface area (Å²) in [5.74, 6) is -0.901. The Balaban J connectivity index is 1.75. The first kappa shape index (κ1) is 17.8. The summed E-state index contributed by atoms with van der Waals surface area (Å²) >= 11 is 0. The van der Waals surface area contributed by atoms with Crippen LogP contribution in [0.15, 0.2) is 42.5 Å². The van der Waals surface area contributed by atoms with E-state index in [1.165, 1.54) is 12.1 Å². The topological polar surface area (TPSA) is 43.7 Å². The molecular weight excluding hydrogens is 324 g/mol. The van der Waals surface area contributed by atoms with Crippen molar-refractivity contribution in [2.75, 3.05) is 19.7 Å². The number of phenols is 1. The minimum atomic E-state index is -0.593. The molecule has 3 rings (SSSR count). The number of para-hydroxylation sites is 1. The number of nitrogens with zero attached hydrogens (tertiary/aromatic N) is 1. The maximum Gasteiger partial charge on any atom is 0.129 e. The molecule has 0 unspecified atom stereocenters. The summed E-state index contributed by atoms with van der Waals surface area (Å²) in [4.78, 5) is 2.18. The summed E-state index contributed by atoms with van der Waals surface area (Å²) in [6.07, 6.45) is 2.04. The van der Waals surface area contributed by atoms with E-state index in [0.29, 0.717) is 25.1 Å². The number of hydrogen-bond donors (Lipinski definition) is 2. The predicted molar refractivity (Wildman–Crippen MR) is 92.2 cm³/mol. The van der Waals surface area contributed by atoms with E-state index in [-0.39, 0.29) is 12.4 Å². The van der Waals surface area contributed by atoms with Crippen LogP contribution in [0, 0.1) is 17.0 Å².